The Morgan fingerprint density at radius 3 is 2.37 bits per heavy atom. The van der Waals surface area contributed by atoms with Crippen molar-refractivity contribution in [1.82, 2.24) is 0 Å². The molecule has 5 nitrogen and oxygen atoms in total. The summed E-state index contributed by atoms with van der Waals surface area (Å²) in [5, 5.41) is 0. The number of benzene rings is 1. The number of ether oxygens (including phenoxy) is 2. The number of amides is 1. The lowest BCUT2D eigenvalue weighted by Gasteiger charge is -2.29. The van der Waals surface area contributed by atoms with E-state index in [4.69, 9.17) is 15.2 Å². The van der Waals surface area contributed by atoms with Crippen molar-refractivity contribution in [2.24, 2.45) is 5.73 Å². The van der Waals surface area contributed by atoms with Gasteiger partial charge >= 0.3 is 0 Å². The first-order valence-corrected chi connectivity index (χ1v) is 6.44. The van der Waals surface area contributed by atoms with E-state index in [0.717, 1.165) is 31.0 Å². The second-order valence-corrected chi connectivity index (χ2v) is 4.93. The number of carbonyl (C=O) groups excluding carboxylic acids is 1. The molecule has 104 valence electrons. The van der Waals surface area contributed by atoms with Gasteiger partial charge in [-0.25, -0.2) is 0 Å². The summed E-state index contributed by atoms with van der Waals surface area (Å²) >= 11 is 0. The molecule has 1 unspecified atom stereocenters. The highest BCUT2D eigenvalue weighted by Gasteiger charge is 2.28. The molecule has 0 bridgehead atoms. The van der Waals surface area contributed by atoms with Crippen molar-refractivity contribution < 1.29 is 19.2 Å². The van der Waals surface area contributed by atoms with Crippen molar-refractivity contribution in [1.29, 1.82) is 0 Å². The lowest BCUT2D eigenvalue weighted by molar-refractivity contribution is -0.929. The van der Waals surface area contributed by atoms with E-state index in [-0.39, 0.29) is 11.9 Å². The molecular formula is C14H21N2O3+. The molecule has 1 amide bonds. The molecule has 1 aromatic rings. The number of carbonyl (C=O) groups is 1. The molecule has 1 heterocycles. The molecule has 2 rings (SSSR count). The number of hydrogen-bond donors (Lipinski definition) is 2. The van der Waals surface area contributed by atoms with Crippen LogP contribution in [0, 0.1) is 0 Å². The number of nitrogens with two attached hydrogens (primary N) is 1. The van der Waals surface area contributed by atoms with E-state index in [9.17, 15) is 4.79 Å². The lowest BCUT2D eigenvalue weighted by atomic mass is 9.97. The van der Waals surface area contributed by atoms with Crippen LogP contribution in [0.2, 0.25) is 0 Å². The fraction of sp³-hybridized carbons (Fsp3) is 0.500. The minimum Gasteiger partial charge on any atom is -0.493 e. The summed E-state index contributed by atoms with van der Waals surface area (Å²) in [6.45, 7) is 3.58. The van der Waals surface area contributed by atoms with Crippen LogP contribution in [-0.4, -0.2) is 32.7 Å². The largest absolute Gasteiger partial charge is 0.493 e. The summed E-state index contributed by atoms with van der Waals surface area (Å²) in [4.78, 5) is 12.5. The van der Waals surface area contributed by atoms with Crippen LogP contribution < -0.4 is 20.1 Å². The van der Waals surface area contributed by atoms with Gasteiger partial charge in [-0.2, -0.15) is 0 Å². The number of hydrogen-bond acceptors (Lipinski definition) is 3. The van der Waals surface area contributed by atoms with Crippen LogP contribution >= 0.6 is 0 Å². The Bertz CT molecular complexity index is 488. The van der Waals surface area contributed by atoms with Crippen LogP contribution in [0.25, 0.3) is 0 Å². The first-order chi connectivity index (χ1) is 9.06. The SMILES string of the molecule is COc1cc2c(cc1OC)C[NH+]([C@@H](C)C(N)=O)CC2. The van der Waals surface area contributed by atoms with Crippen molar-refractivity contribution in [2.75, 3.05) is 20.8 Å². The van der Waals surface area contributed by atoms with Crippen LogP contribution in [0.3, 0.4) is 0 Å². The van der Waals surface area contributed by atoms with Gasteiger partial charge in [0.2, 0.25) is 0 Å². The summed E-state index contributed by atoms with van der Waals surface area (Å²) in [5.74, 6) is 1.24. The van der Waals surface area contributed by atoms with Crippen LogP contribution in [-0.2, 0) is 17.8 Å². The molecule has 1 aliphatic rings. The smallest absolute Gasteiger partial charge is 0.275 e. The summed E-state index contributed by atoms with van der Waals surface area (Å²) in [6, 6.07) is 3.86. The molecule has 0 saturated carbocycles. The summed E-state index contributed by atoms with van der Waals surface area (Å²) in [7, 11) is 3.27. The third-order valence-corrected chi connectivity index (χ3v) is 3.88. The normalized spacial score (nSPS) is 19.4. The van der Waals surface area contributed by atoms with Crippen LogP contribution in [0.4, 0.5) is 0 Å². The second kappa shape index (κ2) is 5.48. The Kier molecular flexibility index (Phi) is 3.95. The maximum atomic E-state index is 11.3. The molecule has 2 atom stereocenters. The van der Waals surface area contributed by atoms with Crippen molar-refractivity contribution in [2.45, 2.75) is 25.9 Å². The number of quaternary nitrogens is 1. The zero-order valence-corrected chi connectivity index (χ0v) is 11.7. The van der Waals surface area contributed by atoms with E-state index in [0.29, 0.717) is 0 Å². The average molecular weight is 265 g/mol. The standard InChI is InChI=1S/C14H20N2O3/c1-9(14(15)17)16-5-4-10-6-12(18-2)13(19-3)7-11(10)8-16/h6-7,9H,4-5,8H2,1-3H3,(H2,15,17)/p+1/t9-/m0/s1. The molecule has 1 aromatic carbocycles. The molecule has 19 heavy (non-hydrogen) atoms. The quantitative estimate of drug-likeness (QED) is 0.772. The van der Waals surface area contributed by atoms with Gasteiger partial charge in [-0.1, -0.05) is 0 Å². The van der Waals surface area contributed by atoms with Gasteiger partial charge in [-0.05, 0) is 24.6 Å². The number of methoxy groups -OCH3 is 2. The topological polar surface area (TPSA) is 66.0 Å². The van der Waals surface area contributed by atoms with E-state index >= 15 is 0 Å². The Labute approximate surface area is 113 Å². The van der Waals surface area contributed by atoms with Gasteiger partial charge in [0, 0.05) is 12.0 Å². The molecule has 0 spiro atoms. The molecule has 5 heteroatoms. The predicted octanol–water partition coefficient (Wildman–Crippen LogP) is -0.481. The van der Waals surface area contributed by atoms with E-state index in [1.54, 1.807) is 14.2 Å². The molecule has 1 aliphatic heterocycles. The van der Waals surface area contributed by atoms with E-state index < -0.39 is 0 Å². The maximum absolute atomic E-state index is 11.3. The molecular weight excluding hydrogens is 244 g/mol. The van der Waals surface area contributed by atoms with Gasteiger partial charge < -0.3 is 20.1 Å². The maximum Gasteiger partial charge on any atom is 0.275 e. The van der Waals surface area contributed by atoms with Gasteiger partial charge in [0.25, 0.3) is 5.91 Å². The van der Waals surface area contributed by atoms with E-state index in [1.807, 2.05) is 19.1 Å². The lowest BCUT2D eigenvalue weighted by Crippen LogP contribution is -3.16. The molecule has 0 fully saturated rings. The zero-order valence-electron chi connectivity index (χ0n) is 11.7. The molecule has 0 aliphatic carbocycles. The van der Waals surface area contributed by atoms with E-state index in [1.165, 1.54) is 16.0 Å². The monoisotopic (exact) mass is 265 g/mol. The summed E-state index contributed by atoms with van der Waals surface area (Å²) in [5.41, 5.74) is 7.85. The molecule has 0 aromatic heterocycles. The zero-order chi connectivity index (χ0) is 14.0. The van der Waals surface area contributed by atoms with Crippen molar-refractivity contribution in [3.63, 3.8) is 0 Å². The Morgan fingerprint density at radius 1 is 1.26 bits per heavy atom. The third kappa shape index (κ3) is 2.66. The van der Waals surface area contributed by atoms with Crippen molar-refractivity contribution in [3.8, 4) is 11.5 Å². The highest BCUT2D eigenvalue weighted by molar-refractivity contribution is 5.77. The predicted molar refractivity (Wildman–Crippen MR) is 71.4 cm³/mol. The molecule has 0 saturated heterocycles. The fourth-order valence-electron chi connectivity index (χ4n) is 2.56. The first-order valence-electron chi connectivity index (χ1n) is 6.44. The van der Waals surface area contributed by atoms with Crippen molar-refractivity contribution in [3.05, 3.63) is 23.3 Å². The number of rotatable bonds is 4. The number of primary amides is 1. The van der Waals surface area contributed by atoms with Gasteiger partial charge in [-0.3, -0.25) is 4.79 Å². The minimum atomic E-state index is -0.251. The molecule has 3 N–H and O–H groups in total. The van der Waals surface area contributed by atoms with Crippen LogP contribution in [0.1, 0.15) is 18.1 Å². The summed E-state index contributed by atoms with van der Waals surface area (Å²) in [6.07, 6.45) is 0.919. The highest BCUT2D eigenvalue weighted by atomic mass is 16.5. The number of nitrogens with one attached hydrogen (secondary N) is 1. The highest BCUT2D eigenvalue weighted by Crippen LogP contribution is 2.31. The summed E-state index contributed by atoms with van der Waals surface area (Å²) < 4.78 is 10.6. The molecule has 0 radical (unpaired) electrons. The van der Waals surface area contributed by atoms with E-state index in [2.05, 4.69) is 0 Å². The fourth-order valence-corrected chi connectivity index (χ4v) is 2.56. The van der Waals surface area contributed by atoms with Crippen LogP contribution in [0.5, 0.6) is 11.5 Å². The van der Waals surface area contributed by atoms with Gasteiger partial charge in [0.05, 0.1) is 20.8 Å². The minimum absolute atomic E-state index is 0.166. The third-order valence-electron chi connectivity index (χ3n) is 3.88. The Balaban J connectivity index is 2.27. The first kappa shape index (κ1) is 13.7. The van der Waals surface area contributed by atoms with Gasteiger partial charge in [0.15, 0.2) is 17.5 Å². The Morgan fingerprint density at radius 2 is 1.84 bits per heavy atom. The average Bonchev–Trinajstić information content (AvgIpc) is 2.44. The second-order valence-electron chi connectivity index (χ2n) is 4.93. The van der Waals surface area contributed by atoms with Crippen LogP contribution in [0.15, 0.2) is 12.1 Å². The van der Waals surface area contributed by atoms with Gasteiger partial charge in [0.1, 0.15) is 6.54 Å². The van der Waals surface area contributed by atoms with Gasteiger partial charge in [-0.15, -0.1) is 0 Å². The van der Waals surface area contributed by atoms with Crippen molar-refractivity contribution >= 4 is 5.91 Å². The number of fused-ring (bicyclic) bond motifs is 1. The Hall–Kier alpha value is -1.75.